The molecule has 4 heteroatoms. The molecule has 4 nitrogen and oxygen atoms in total. The van der Waals surface area contributed by atoms with Gasteiger partial charge in [-0.2, -0.15) is 5.10 Å². The maximum absolute atomic E-state index is 5.94. The average molecular weight is 271 g/mol. The quantitative estimate of drug-likeness (QED) is 0.792. The van der Waals surface area contributed by atoms with E-state index in [9.17, 15) is 0 Å². The second-order valence-corrected chi connectivity index (χ2v) is 5.43. The summed E-state index contributed by atoms with van der Waals surface area (Å²) in [4.78, 5) is 0. The third-order valence-corrected chi connectivity index (χ3v) is 3.75. The number of aryl methyl sites for hydroxylation is 2. The number of aromatic nitrogens is 2. The smallest absolute Gasteiger partial charge is 0.136 e. The maximum atomic E-state index is 5.94. The fourth-order valence-electron chi connectivity index (χ4n) is 2.77. The highest BCUT2D eigenvalue weighted by Gasteiger charge is 2.15. The first-order valence-corrected chi connectivity index (χ1v) is 7.29. The largest absolute Gasteiger partial charge is 0.461 e. The van der Waals surface area contributed by atoms with Crippen molar-refractivity contribution in [2.75, 3.05) is 0 Å². The number of nitrogens with two attached hydrogens (primary N) is 1. The van der Waals surface area contributed by atoms with Gasteiger partial charge >= 0.3 is 0 Å². The van der Waals surface area contributed by atoms with Gasteiger partial charge in [-0.3, -0.25) is 4.68 Å². The molecule has 0 radical (unpaired) electrons. The van der Waals surface area contributed by atoms with Gasteiger partial charge in [0, 0.05) is 23.2 Å². The Bertz CT molecular complexity index is 752. The third kappa shape index (κ3) is 2.00. The van der Waals surface area contributed by atoms with Gasteiger partial charge in [-0.05, 0) is 31.0 Å². The minimum absolute atomic E-state index is 0.0796. The van der Waals surface area contributed by atoms with Crippen LogP contribution in [0.3, 0.4) is 0 Å². The molecule has 0 bridgehead atoms. The van der Waals surface area contributed by atoms with Crippen molar-refractivity contribution in [1.82, 2.24) is 9.78 Å². The van der Waals surface area contributed by atoms with Crippen molar-refractivity contribution in [2.45, 2.75) is 46.2 Å². The van der Waals surface area contributed by atoms with Crippen molar-refractivity contribution in [3.63, 3.8) is 0 Å². The van der Waals surface area contributed by atoms with Crippen LogP contribution in [0, 0.1) is 0 Å². The highest BCUT2D eigenvalue weighted by Crippen LogP contribution is 2.31. The van der Waals surface area contributed by atoms with E-state index >= 15 is 0 Å². The normalized spacial score (nSPS) is 13.4. The minimum atomic E-state index is 0.0796. The lowest BCUT2D eigenvalue weighted by atomic mass is 10.1. The minimum Gasteiger partial charge on any atom is -0.461 e. The summed E-state index contributed by atoms with van der Waals surface area (Å²) >= 11 is 0. The number of fused-ring (bicyclic) bond motifs is 3. The van der Waals surface area contributed by atoms with Crippen LogP contribution in [0.5, 0.6) is 0 Å². The molecule has 3 aromatic rings. The van der Waals surface area contributed by atoms with Crippen molar-refractivity contribution in [2.24, 2.45) is 5.73 Å². The van der Waals surface area contributed by atoms with Crippen LogP contribution >= 0.6 is 0 Å². The highest BCUT2D eigenvalue weighted by atomic mass is 16.3. The molecule has 0 saturated carbocycles. The van der Waals surface area contributed by atoms with Crippen LogP contribution in [0.2, 0.25) is 0 Å². The zero-order valence-corrected chi connectivity index (χ0v) is 12.3. The standard InChI is InChI=1S/C16H21N3O/c1-4-11-6-15-13(7-12(5-2)20-15)16-14(11)8-18-19(16)9-10(3)17/h6-8,10H,4-5,9,17H2,1-3H3. The fraction of sp³-hybridized carbons (Fsp3) is 0.438. The van der Waals surface area contributed by atoms with E-state index in [1.54, 1.807) is 0 Å². The van der Waals surface area contributed by atoms with Crippen LogP contribution in [0.1, 0.15) is 32.1 Å². The molecule has 0 aliphatic carbocycles. The highest BCUT2D eigenvalue weighted by molar-refractivity contribution is 6.05. The Morgan fingerprint density at radius 3 is 2.70 bits per heavy atom. The van der Waals surface area contributed by atoms with Crippen molar-refractivity contribution >= 4 is 21.9 Å². The number of benzene rings is 1. The molecule has 1 unspecified atom stereocenters. The van der Waals surface area contributed by atoms with E-state index < -0.39 is 0 Å². The molecule has 1 aromatic carbocycles. The van der Waals surface area contributed by atoms with Crippen LogP contribution in [0.15, 0.2) is 22.7 Å². The Labute approximate surface area is 118 Å². The molecular formula is C16H21N3O. The first kappa shape index (κ1) is 13.2. The summed E-state index contributed by atoms with van der Waals surface area (Å²) in [6.07, 6.45) is 3.83. The van der Waals surface area contributed by atoms with Crippen molar-refractivity contribution in [1.29, 1.82) is 0 Å². The topological polar surface area (TPSA) is 57.0 Å². The molecule has 0 fully saturated rings. The molecule has 0 amide bonds. The SMILES string of the molecule is CCc1cc2c(cc(CC)c3cnn(CC(C)N)c32)o1. The summed E-state index contributed by atoms with van der Waals surface area (Å²) < 4.78 is 7.94. The zero-order valence-electron chi connectivity index (χ0n) is 12.3. The van der Waals surface area contributed by atoms with E-state index in [-0.39, 0.29) is 6.04 Å². The molecule has 0 aliphatic heterocycles. The number of hydrogen-bond acceptors (Lipinski definition) is 3. The predicted octanol–water partition coefficient (Wildman–Crippen LogP) is 3.25. The van der Waals surface area contributed by atoms with Gasteiger partial charge in [-0.1, -0.05) is 13.8 Å². The Morgan fingerprint density at radius 2 is 2.05 bits per heavy atom. The summed E-state index contributed by atoms with van der Waals surface area (Å²) in [6, 6.07) is 4.36. The average Bonchev–Trinajstić information content (AvgIpc) is 3.00. The van der Waals surface area contributed by atoms with E-state index in [0.717, 1.165) is 41.6 Å². The van der Waals surface area contributed by atoms with Gasteiger partial charge in [0.2, 0.25) is 0 Å². The number of nitrogens with zero attached hydrogens (tertiary/aromatic N) is 2. The Balaban J connectivity index is 2.35. The Hall–Kier alpha value is -1.81. The molecule has 0 aliphatic rings. The van der Waals surface area contributed by atoms with Crippen LogP contribution < -0.4 is 5.73 Å². The van der Waals surface area contributed by atoms with Crippen LogP contribution in [-0.2, 0) is 19.4 Å². The van der Waals surface area contributed by atoms with Crippen LogP contribution in [0.25, 0.3) is 21.9 Å². The van der Waals surface area contributed by atoms with Crippen LogP contribution in [0.4, 0.5) is 0 Å². The van der Waals surface area contributed by atoms with Gasteiger partial charge in [0.1, 0.15) is 11.3 Å². The molecule has 106 valence electrons. The molecule has 2 heterocycles. The van der Waals surface area contributed by atoms with E-state index in [2.05, 4.69) is 31.1 Å². The Morgan fingerprint density at radius 1 is 1.25 bits per heavy atom. The molecule has 2 N–H and O–H groups in total. The third-order valence-electron chi connectivity index (χ3n) is 3.75. The molecule has 2 aromatic heterocycles. The second kappa shape index (κ2) is 4.94. The van der Waals surface area contributed by atoms with Crippen molar-refractivity contribution in [3.05, 3.63) is 29.7 Å². The van der Waals surface area contributed by atoms with Crippen LogP contribution in [-0.4, -0.2) is 15.8 Å². The number of furan rings is 1. The predicted molar refractivity (Wildman–Crippen MR) is 81.9 cm³/mol. The summed E-state index contributed by atoms with van der Waals surface area (Å²) in [7, 11) is 0. The van der Waals surface area contributed by atoms with E-state index in [1.807, 2.05) is 17.8 Å². The van der Waals surface area contributed by atoms with E-state index in [0.29, 0.717) is 0 Å². The first-order chi connectivity index (χ1) is 9.63. The molecule has 1 atom stereocenters. The molecule has 3 rings (SSSR count). The monoisotopic (exact) mass is 271 g/mol. The van der Waals surface area contributed by atoms with E-state index in [4.69, 9.17) is 10.2 Å². The van der Waals surface area contributed by atoms with E-state index in [1.165, 1.54) is 10.9 Å². The fourth-order valence-corrected chi connectivity index (χ4v) is 2.77. The molecule has 0 spiro atoms. The lowest BCUT2D eigenvalue weighted by Crippen LogP contribution is -2.22. The first-order valence-electron chi connectivity index (χ1n) is 7.29. The van der Waals surface area contributed by atoms with Crippen molar-refractivity contribution < 1.29 is 4.42 Å². The molecule has 0 saturated heterocycles. The van der Waals surface area contributed by atoms with Gasteiger partial charge < -0.3 is 10.2 Å². The second-order valence-electron chi connectivity index (χ2n) is 5.43. The number of rotatable bonds is 4. The van der Waals surface area contributed by atoms with Gasteiger partial charge in [0.15, 0.2) is 0 Å². The summed E-state index contributed by atoms with van der Waals surface area (Å²) in [5.74, 6) is 1.02. The number of hydrogen-bond donors (Lipinski definition) is 1. The summed E-state index contributed by atoms with van der Waals surface area (Å²) in [6.45, 7) is 6.99. The zero-order chi connectivity index (χ0) is 14.3. The van der Waals surface area contributed by atoms with Gasteiger partial charge in [0.25, 0.3) is 0 Å². The summed E-state index contributed by atoms with van der Waals surface area (Å²) in [5.41, 5.74) is 9.32. The maximum Gasteiger partial charge on any atom is 0.136 e. The Kier molecular flexibility index (Phi) is 3.26. The summed E-state index contributed by atoms with van der Waals surface area (Å²) in [5, 5.41) is 6.88. The molecule has 20 heavy (non-hydrogen) atoms. The van der Waals surface area contributed by atoms with Gasteiger partial charge in [-0.25, -0.2) is 0 Å². The lowest BCUT2D eigenvalue weighted by molar-refractivity contribution is 0.552. The van der Waals surface area contributed by atoms with Gasteiger partial charge in [0.05, 0.1) is 18.3 Å². The molecular weight excluding hydrogens is 250 g/mol. The van der Waals surface area contributed by atoms with Gasteiger partial charge in [-0.15, -0.1) is 0 Å². The van der Waals surface area contributed by atoms with Crippen molar-refractivity contribution in [3.8, 4) is 0 Å². The lowest BCUT2D eigenvalue weighted by Gasteiger charge is -2.08.